The zero-order valence-corrected chi connectivity index (χ0v) is 9.90. The van der Waals surface area contributed by atoms with Crippen LogP contribution < -0.4 is 11.2 Å². The smallest absolute Gasteiger partial charge is 0.331 e. The van der Waals surface area contributed by atoms with Gasteiger partial charge in [0.15, 0.2) is 0 Å². The molecule has 0 amide bonds. The molecule has 90 valence electrons. The first-order valence-electron chi connectivity index (χ1n) is 5.00. The Kier molecular flexibility index (Phi) is 3.10. The standard InChI is InChI=1S/C10H11N3O3S/c1-6(9-11-2-3-17-9)5-13-8(15)4-7(14)12-10(13)16/h2-4,6,15H,5H2,1H3,(H,12,14,16). The summed E-state index contributed by atoms with van der Waals surface area (Å²) < 4.78 is 1.12. The average Bonchev–Trinajstić information content (AvgIpc) is 2.76. The minimum absolute atomic E-state index is 0.00972. The fraction of sp³-hybridized carbons (Fsp3) is 0.300. The summed E-state index contributed by atoms with van der Waals surface area (Å²) in [4.78, 5) is 28.7. The van der Waals surface area contributed by atoms with E-state index in [4.69, 9.17) is 0 Å². The van der Waals surface area contributed by atoms with Crippen LogP contribution in [0.2, 0.25) is 0 Å². The molecule has 2 heterocycles. The van der Waals surface area contributed by atoms with Gasteiger partial charge in [0.2, 0.25) is 5.88 Å². The number of hydrogen-bond donors (Lipinski definition) is 2. The number of aromatic hydroxyl groups is 1. The number of hydrogen-bond acceptors (Lipinski definition) is 5. The monoisotopic (exact) mass is 253 g/mol. The van der Waals surface area contributed by atoms with Gasteiger partial charge in [-0.05, 0) is 0 Å². The highest BCUT2D eigenvalue weighted by molar-refractivity contribution is 7.09. The summed E-state index contributed by atoms with van der Waals surface area (Å²) in [6.07, 6.45) is 1.69. The van der Waals surface area contributed by atoms with Crippen molar-refractivity contribution in [1.82, 2.24) is 14.5 Å². The summed E-state index contributed by atoms with van der Waals surface area (Å²) >= 11 is 1.49. The minimum atomic E-state index is -0.613. The second-order valence-electron chi connectivity index (χ2n) is 3.68. The first-order valence-corrected chi connectivity index (χ1v) is 5.88. The molecule has 0 saturated carbocycles. The minimum Gasteiger partial charge on any atom is -0.494 e. The number of nitrogens with zero attached hydrogens (tertiary/aromatic N) is 2. The SMILES string of the molecule is CC(Cn1c(O)cc(=O)[nH]c1=O)c1nccs1. The van der Waals surface area contributed by atoms with Gasteiger partial charge in [-0.3, -0.25) is 14.3 Å². The van der Waals surface area contributed by atoms with Crippen LogP contribution in [0.3, 0.4) is 0 Å². The number of H-pyrrole nitrogens is 1. The lowest BCUT2D eigenvalue weighted by atomic mass is 10.2. The van der Waals surface area contributed by atoms with Crippen molar-refractivity contribution in [3.05, 3.63) is 43.5 Å². The lowest BCUT2D eigenvalue weighted by Gasteiger charge is -2.11. The van der Waals surface area contributed by atoms with Crippen LogP contribution in [-0.4, -0.2) is 19.6 Å². The van der Waals surface area contributed by atoms with E-state index >= 15 is 0 Å². The molecule has 2 aromatic heterocycles. The van der Waals surface area contributed by atoms with E-state index in [-0.39, 0.29) is 18.3 Å². The van der Waals surface area contributed by atoms with Gasteiger partial charge in [-0.2, -0.15) is 0 Å². The molecule has 0 aromatic carbocycles. The highest BCUT2D eigenvalue weighted by Gasteiger charge is 2.12. The highest BCUT2D eigenvalue weighted by Crippen LogP contribution is 2.20. The normalized spacial score (nSPS) is 12.5. The van der Waals surface area contributed by atoms with Crippen LogP contribution in [0.25, 0.3) is 0 Å². The Balaban J connectivity index is 2.31. The van der Waals surface area contributed by atoms with Crippen LogP contribution in [0.15, 0.2) is 27.2 Å². The zero-order valence-electron chi connectivity index (χ0n) is 9.08. The maximum atomic E-state index is 11.5. The first-order chi connectivity index (χ1) is 8.08. The van der Waals surface area contributed by atoms with Gasteiger partial charge in [0, 0.05) is 24.0 Å². The molecule has 2 aromatic rings. The molecule has 2 rings (SSSR count). The molecule has 17 heavy (non-hydrogen) atoms. The molecule has 0 radical (unpaired) electrons. The Hall–Kier alpha value is -1.89. The molecule has 6 nitrogen and oxygen atoms in total. The topological polar surface area (TPSA) is 88.0 Å². The van der Waals surface area contributed by atoms with Gasteiger partial charge in [-0.1, -0.05) is 6.92 Å². The summed E-state index contributed by atoms with van der Waals surface area (Å²) in [5.41, 5.74) is -1.22. The fourth-order valence-electron chi connectivity index (χ4n) is 1.51. The van der Waals surface area contributed by atoms with Crippen molar-refractivity contribution in [2.45, 2.75) is 19.4 Å². The van der Waals surface area contributed by atoms with E-state index < -0.39 is 11.2 Å². The summed E-state index contributed by atoms with van der Waals surface area (Å²) in [5.74, 6) is -0.341. The third-order valence-corrected chi connectivity index (χ3v) is 3.35. The van der Waals surface area contributed by atoms with Crippen molar-refractivity contribution >= 4 is 11.3 Å². The molecule has 0 aliphatic rings. The van der Waals surface area contributed by atoms with Crippen molar-refractivity contribution in [2.24, 2.45) is 0 Å². The van der Waals surface area contributed by atoms with Crippen LogP contribution in [0.4, 0.5) is 0 Å². The maximum Gasteiger partial charge on any atom is 0.331 e. The van der Waals surface area contributed by atoms with E-state index in [1.807, 2.05) is 12.3 Å². The summed E-state index contributed by atoms with van der Waals surface area (Å²) in [6.45, 7) is 2.17. The van der Waals surface area contributed by atoms with Gasteiger partial charge in [0.05, 0.1) is 11.1 Å². The molecule has 0 aliphatic carbocycles. The van der Waals surface area contributed by atoms with Crippen molar-refractivity contribution in [3.63, 3.8) is 0 Å². The average molecular weight is 253 g/mol. The van der Waals surface area contributed by atoms with Crippen molar-refractivity contribution < 1.29 is 5.11 Å². The van der Waals surface area contributed by atoms with Crippen LogP contribution >= 0.6 is 11.3 Å². The quantitative estimate of drug-likeness (QED) is 0.833. The Labute approximate surface area is 100 Å². The van der Waals surface area contributed by atoms with E-state index in [1.54, 1.807) is 6.20 Å². The third-order valence-electron chi connectivity index (χ3n) is 2.34. The van der Waals surface area contributed by atoms with Gasteiger partial charge in [-0.25, -0.2) is 9.78 Å². The number of aromatic amines is 1. The number of rotatable bonds is 3. The fourth-order valence-corrected chi connectivity index (χ4v) is 2.20. The molecule has 0 bridgehead atoms. The number of aromatic nitrogens is 3. The summed E-state index contributed by atoms with van der Waals surface area (Å²) in [6, 6.07) is 0.982. The summed E-state index contributed by atoms with van der Waals surface area (Å²) in [5, 5.41) is 12.3. The second-order valence-corrected chi connectivity index (χ2v) is 4.61. The Morgan fingerprint density at radius 3 is 2.94 bits per heavy atom. The lowest BCUT2D eigenvalue weighted by molar-refractivity contribution is 0.390. The first kappa shape index (κ1) is 11.6. The van der Waals surface area contributed by atoms with E-state index in [9.17, 15) is 14.7 Å². The maximum absolute atomic E-state index is 11.5. The Bertz CT molecular complexity index is 614. The second kappa shape index (κ2) is 4.54. The summed E-state index contributed by atoms with van der Waals surface area (Å²) in [7, 11) is 0. The predicted octanol–water partition coefficient (Wildman–Crippen LogP) is 0.502. The molecule has 1 atom stereocenters. The molecule has 0 spiro atoms. The molecular formula is C10H11N3O3S. The van der Waals surface area contributed by atoms with Gasteiger partial charge < -0.3 is 5.11 Å². The van der Waals surface area contributed by atoms with E-state index in [1.165, 1.54) is 11.3 Å². The third kappa shape index (κ3) is 2.44. The van der Waals surface area contributed by atoms with Crippen molar-refractivity contribution in [2.75, 3.05) is 0 Å². The van der Waals surface area contributed by atoms with Crippen LogP contribution in [0.5, 0.6) is 5.88 Å². The number of thiazole rings is 1. The van der Waals surface area contributed by atoms with Crippen LogP contribution in [-0.2, 0) is 6.54 Å². The highest BCUT2D eigenvalue weighted by atomic mass is 32.1. The molecule has 0 fully saturated rings. The lowest BCUT2D eigenvalue weighted by Crippen LogP contribution is -2.30. The molecule has 7 heteroatoms. The molecule has 0 aliphatic heterocycles. The zero-order chi connectivity index (χ0) is 12.4. The van der Waals surface area contributed by atoms with E-state index in [0.29, 0.717) is 0 Å². The van der Waals surface area contributed by atoms with Crippen molar-refractivity contribution in [3.8, 4) is 5.88 Å². The van der Waals surface area contributed by atoms with E-state index in [0.717, 1.165) is 15.6 Å². The molecule has 0 saturated heterocycles. The largest absolute Gasteiger partial charge is 0.494 e. The Morgan fingerprint density at radius 1 is 1.59 bits per heavy atom. The molecule has 2 N–H and O–H groups in total. The van der Waals surface area contributed by atoms with Crippen LogP contribution in [0.1, 0.15) is 17.8 Å². The molecule has 1 unspecified atom stereocenters. The van der Waals surface area contributed by atoms with Crippen molar-refractivity contribution in [1.29, 1.82) is 0 Å². The Morgan fingerprint density at radius 2 is 2.35 bits per heavy atom. The number of nitrogens with one attached hydrogen (secondary N) is 1. The van der Waals surface area contributed by atoms with Crippen LogP contribution in [0, 0.1) is 0 Å². The van der Waals surface area contributed by atoms with Gasteiger partial charge >= 0.3 is 5.69 Å². The van der Waals surface area contributed by atoms with Gasteiger partial charge in [0.1, 0.15) is 0 Å². The van der Waals surface area contributed by atoms with Gasteiger partial charge in [-0.15, -0.1) is 11.3 Å². The van der Waals surface area contributed by atoms with E-state index in [2.05, 4.69) is 9.97 Å². The van der Waals surface area contributed by atoms with Gasteiger partial charge in [0.25, 0.3) is 5.56 Å². The predicted molar refractivity (Wildman–Crippen MR) is 63.5 cm³/mol. The molecular weight excluding hydrogens is 242 g/mol.